The summed E-state index contributed by atoms with van der Waals surface area (Å²) in [4.78, 5) is 9.77. The lowest BCUT2D eigenvalue weighted by Gasteiger charge is -2.40. The number of ether oxygens (including phenoxy) is 3. The van der Waals surface area contributed by atoms with Crippen LogP contribution in [0.25, 0.3) is 172 Å². The van der Waals surface area contributed by atoms with Crippen molar-refractivity contribution in [1.82, 2.24) is 24.6 Å². The van der Waals surface area contributed by atoms with Crippen LogP contribution in [0.4, 0.5) is 0 Å². The van der Waals surface area contributed by atoms with Crippen molar-refractivity contribution in [2.45, 2.75) is 16.2 Å². The maximum Gasteiger partial charge on any atom is 0.146 e. The Morgan fingerprint density at radius 1 is 0.196 bits per heavy atom. The van der Waals surface area contributed by atoms with E-state index in [1.165, 1.54) is 116 Å². The van der Waals surface area contributed by atoms with Gasteiger partial charge < -0.3 is 14.2 Å². The number of hydrogen-bond donors (Lipinski definition) is 0. The minimum atomic E-state index is -0.481. The molecule has 25 aromatic rings. The van der Waals surface area contributed by atoms with Crippen molar-refractivity contribution in [2.24, 2.45) is 0 Å². The Hall–Kier alpha value is -18.8. The van der Waals surface area contributed by atoms with E-state index in [1.807, 2.05) is 12.3 Å². The molecule has 3 aliphatic heterocycles. The van der Waals surface area contributed by atoms with Crippen LogP contribution < -0.4 is 14.2 Å². The minimum Gasteiger partial charge on any atom is -0.456 e. The molecule has 21 aromatic carbocycles. The number of para-hydroxylation sites is 9. The highest BCUT2D eigenvalue weighted by Gasteiger charge is 2.55. The second-order valence-corrected chi connectivity index (χ2v) is 37.8. The molecule has 0 saturated heterocycles. The molecule has 143 heavy (non-hydrogen) atoms. The van der Waals surface area contributed by atoms with Crippen molar-refractivity contribution < 1.29 is 14.2 Å². The molecular formula is C135H83N5O3. The third-order valence-electron chi connectivity index (χ3n) is 30.8. The van der Waals surface area contributed by atoms with Crippen LogP contribution in [0.1, 0.15) is 66.8 Å². The summed E-state index contributed by atoms with van der Waals surface area (Å²) in [6.07, 6.45) is 1.86. The van der Waals surface area contributed by atoms with Crippen molar-refractivity contribution in [2.75, 3.05) is 0 Å². The number of imidazole rings is 1. The van der Waals surface area contributed by atoms with Gasteiger partial charge in [0.15, 0.2) is 0 Å². The maximum atomic E-state index is 6.94. The molecule has 3 aliphatic carbocycles. The molecule has 0 atom stereocenters. The molecule has 0 amide bonds. The Kier molecular flexibility index (Phi) is 18.3. The van der Waals surface area contributed by atoms with Gasteiger partial charge in [0.1, 0.15) is 40.1 Å². The van der Waals surface area contributed by atoms with Gasteiger partial charge in [0.05, 0.1) is 49.7 Å². The first kappa shape index (κ1) is 81.4. The smallest absolute Gasteiger partial charge is 0.146 e. The summed E-state index contributed by atoms with van der Waals surface area (Å²) in [5, 5.41) is 16.4. The van der Waals surface area contributed by atoms with Gasteiger partial charge in [0.25, 0.3) is 0 Å². The van der Waals surface area contributed by atoms with Crippen LogP contribution in [0, 0.1) is 0 Å². The van der Waals surface area contributed by atoms with Crippen LogP contribution in [0.5, 0.6) is 34.5 Å². The monoisotopic (exact) mass is 1820 g/mol. The maximum absolute atomic E-state index is 6.94. The van der Waals surface area contributed by atoms with Gasteiger partial charge in [-0.05, 0) is 171 Å². The molecule has 4 aromatic heterocycles. The van der Waals surface area contributed by atoms with Crippen LogP contribution in [0.3, 0.4) is 0 Å². The number of pyridine rings is 2. The van der Waals surface area contributed by atoms with E-state index in [0.717, 1.165) is 157 Å². The molecule has 8 heteroatoms. The standard InChI is InChI=1S/C50H30N2O.C45H28N2O.C40H25NO/c1-2-15-39-35(12-1)38-29-28-33(30-46(38)52-45-22-9-8-21-44(45)51-49(39)52)31-24-26-32(27-25-31)34-16-11-20-43-48(34)53-47-23-10-7-19-42(47)50(43)40-17-5-3-13-36(40)37-14-4-6-18-41(37)50;1-2-13-32-29(11-1)12-9-17-36(32)42-28-27-41(46-47-42)31-25-23-30(24-26-31)33-16-10-21-40-44(33)48-43-22-8-7-20-39(43)45(40)37-18-5-3-14-34(37)35-15-4-6-19-38(35)45;1-3-16-33-31(12-1)32-13-2-4-17-34(32)40(33)35-18-5-6-20-37(35)42-39-30(15-8-19-36(39)40)27-23-21-26(22-24-27)29-14-7-10-28-11-9-25-41-38(28)29/h1-30H;1-28H;1-25H. The van der Waals surface area contributed by atoms with E-state index in [9.17, 15) is 0 Å². The molecule has 31 rings (SSSR count). The van der Waals surface area contributed by atoms with Crippen molar-refractivity contribution in [1.29, 1.82) is 0 Å². The average Bonchev–Trinajstić information content (AvgIpc) is 1.54. The Balaban J connectivity index is 0.000000103. The summed E-state index contributed by atoms with van der Waals surface area (Å²) in [6.45, 7) is 0. The molecule has 0 radical (unpaired) electrons. The van der Waals surface area contributed by atoms with Crippen LogP contribution in [-0.2, 0) is 16.2 Å². The summed E-state index contributed by atoms with van der Waals surface area (Å²) < 4.78 is 23.0. The molecule has 0 N–H and O–H groups in total. The molecule has 0 fully saturated rings. The van der Waals surface area contributed by atoms with Crippen LogP contribution in [-0.4, -0.2) is 24.6 Å². The predicted octanol–water partition coefficient (Wildman–Crippen LogP) is 33.7. The lowest BCUT2D eigenvalue weighted by molar-refractivity contribution is 0.438. The average molecular weight is 1820 g/mol. The van der Waals surface area contributed by atoms with E-state index in [0.29, 0.717) is 0 Å². The quantitative estimate of drug-likeness (QED) is 0.147. The van der Waals surface area contributed by atoms with Crippen LogP contribution >= 0.6 is 0 Å². The van der Waals surface area contributed by atoms with Gasteiger partial charge in [-0.15, -0.1) is 10.2 Å². The first-order valence-electron chi connectivity index (χ1n) is 48.9. The van der Waals surface area contributed by atoms with Crippen LogP contribution in [0.2, 0.25) is 0 Å². The Morgan fingerprint density at radius 3 is 1.00 bits per heavy atom. The van der Waals surface area contributed by atoms with E-state index in [2.05, 4.69) is 511 Å². The summed E-state index contributed by atoms with van der Waals surface area (Å²) in [5.74, 6) is 5.43. The molecule has 3 spiro atoms. The van der Waals surface area contributed by atoms with Gasteiger partial charge >= 0.3 is 0 Å². The van der Waals surface area contributed by atoms with E-state index in [4.69, 9.17) is 19.2 Å². The fourth-order valence-corrected chi connectivity index (χ4v) is 24.7. The first-order chi connectivity index (χ1) is 70.9. The van der Waals surface area contributed by atoms with Crippen molar-refractivity contribution in [3.05, 3.63) is 570 Å². The third-order valence-corrected chi connectivity index (χ3v) is 30.8. The minimum absolute atomic E-state index is 0.456. The topological polar surface area (TPSA) is 83.7 Å². The summed E-state index contributed by atoms with van der Waals surface area (Å²) in [7, 11) is 0. The predicted molar refractivity (Wildman–Crippen MR) is 579 cm³/mol. The first-order valence-corrected chi connectivity index (χ1v) is 48.9. The highest BCUT2D eigenvalue weighted by Crippen LogP contribution is 2.68. The second-order valence-electron chi connectivity index (χ2n) is 37.8. The molecule has 7 heterocycles. The van der Waals surface area contributed by atoms with Crippen LogP contribution in [0.15, 0.2) is 504 Å². The Labute approximate surface area is 825 Å². The zero-order valence-corrected chi connectivity index (χ0v) is 77.4. The Bertz CT molecular complexity index is 9450. The number of rotatable bonds is 7. The molecule has 0 unspecified atom stereocenters. The Morgan fingerprint density at radius 2 is 0.524 bits per heavy atom. The lowest BCUT2D eigenvalue weighted by Crippen LogP contribution is -2.32. The van der Waals surface area contributed by atoms with Gasteiger partial charge in [-0.3, -0.25) is 9.38 Å². The number of aromatic nitrogens is 5. The largest absolute Gasteiger partial charge is 0.456 e. The normalized spacial score (nSPS) is 13.5. The number of fused-ring (bicyclic) bond motifs is 37. The van der Waals surface area contributed by atoms with E-state index < -0.39 is 16.2 Å². The zero-order valence-electron chi connectivity index (χ0n) is 77.4. The van der Waals surface area contributed by atoms with Gasteiger partial charge in [0.2, 0.25) is 0 Å². The highest BCUT2D eigenvalue weighted by molar-refractivity contribution is 6.15. The van der Waals surface area contributed by atoms with Crippen molar-refractivity contribution >= 4 is 60.0 Å². The fraction of sp³-hybridized carbons (Fsp3) is 0.0222. The molecule has 8 nitrogen and oxygen atoms in total. The molecule has 6 aliphatic rings. The van der Waals surface area contributed by atoms with Gasteiger partial charge in [-0.2, -0.15) is 0 Å². The lowest BCUT2D eigenvalue weighted by atomic mass is 9.65. The molecule has 666 valence electrons. The van der Waals surface area contributed by atoms with Gasteiger partial charge in [-0.25, -0.2) is 4.98 Å². The van der Waals surface area contributed by atoms with Crippen molar-refractivity contribution in [3.8, 4) is 146 Å². The second kappa shape index (κ2) is 32.2. The zero-order chi connectivity index (χ0) is 94.0. The van der Waals surface area contributed by atoms with E-state index in [1.54, 1.807) is 0 Å². The summed E-state index contributed by atoms with van der Waals surface area (Å²) >= 11 is 0. The van der Waals surface area contributed by atoms with Gasteiger partial charge in [-0.1, -0.05) is 443 Å². The molecule has 0 bridgehead atoms. The molecule has 0 saturated carbocycles. The summed E-state index contributed by atoms with van der Waals surface area (Å²) in [6, 6.07) is 178. The molecular weight excluding hydrogens is 1740 g/mol. The van der Waals surface area contributed by atoms with E-state index >= 15 is 0 Å². The fourth-order valence-electron chi connectivity index (χ4n) is 24.7. The van der Waals surface area contributed by atoms with Gasteiger partial charge in [0, 0.05) is 89.1 Å². The number of nitrogens with zero attached hydrogens (tertiary/aromatic N) is 5. The number of benzene rings is 21. The number of hydrogen-bond acceptors (Lipinski definition) is 7. The highest BCUT2D eigenvalue weighted by atomic mass is 16.5. The third kappa shape index (κ3) is 12.1. The summed E-state index contributed by atoms with van der Waals surface area (Å²) in [5.41, 5.74) is 41.4. The SMILES string of the molecule is c1ccc2c(c1)Oc1c(-c3ccc(-c4ccc(-c5cccc6ccccc56)nn4)cc3)cccc1C21c2ccccc2-c2ccccc21.c1ccc2c(c1)Oc1c(-c3ccc(-c4ccc5c6ccccc6c6nc7ccccc7n6c5c4)cc3)cccc1C21c2ccccc2-c2ccccc21.c1ccc2c(c1)Oc1c(-c3ccc(-c4cccc5cccnc45)cc3)cccc1C21c2ccccc2-c2ccccc21. The van der Waals surface area contributed by atoms with Crippen molar-refractivity contribution in [3.63, 3.8) is 0 Å². The van der Waals surface area contributed by atoms with E-state index in [-0.39, 0.29) is 0 Å².